The molecule has 0 aliphatic carbocycles. The number of carbonyl (C=O) groups excluding carboxylic acids is 1. The first kappa shape index (κ1) is 13.6. The molecule has 0 atom stereocenters. The van der Waals surface area contributed by atoms with Crippen LogP contribution in [0.25, 0.3) is 0 Å². The van der Waals surface area contributed by atoms with E-state index in [2.05, 4.69) is 4.74 Å². The third-order valence-corrected chi connectivity index (χ3v) is 3.05. The lowest BCUT2D eigenvalue weighted by Gasteiger charge is -2.09. The highest BCUT2D eigenvalue weighted by Crippen LogP contribution is 2.23. The van der Waals surface area contributed by atoms with E-state index in [0.29, 0.717) is 11.1 Å². The Kier molecular flexibility index (Phi) is 3.90. The van der Waals surface area contributed by atoms with Gasteiger partial charge in [-0.25, -0.2) is 0 Å². The van der Waals surface area contributed by atoms with E-state index < -0.39 is 6.36 Å². The van der Waals surface area contributed by atoms with E-state index in [9.17, 15) is 18.0 Å². The summed E-state index contributed by atoms with van der Waals surface area (Å²) in [4.78, 5) is 11.8. The number of hydrogen-bond acceptors (Lipinski definition) is 3. The molecule has 1 aromatic heterocycles. The fraction of sp³-hybridized carbons (Fsp3) is 0.154. The molecule has 0 fully saturated rings. The monoisotopic (exact) mass is 286 g/mol. The van der Waals surface area contributed by atoms with Gasteiger partial charge in [-0.2, -0.15) is 11.3 Å². The van der Waals surface area contributed by atoms with E-state index in [1.54, 1.807) is 16.8 Å². The normalized spacial score (nSPS) is 11.3. The third-order valence-electron chi connectivity index (χ3n) is 2.36. The largest absolute Gasteiger partial charge is 0.573 e. The minimum atomic E-state index is -4.70. The van der Waals surface area contributed by atoms with E-state index in [0.717, 1.165) is 0 Å². The fourth-order valence-electron chi connectivity index (χ4n) is 1.52. The number of benzene rings is 1. The molecule has 1 aromatic carbocycles. The smallest absolute Gasteiger partial charge is 0.406 e. The summed E-state index contributed by atoms with van der Waals surface area (Å²) in [5, 5.41) is 3.54. The summed E-state index contributed by atoms with van der Waals surface area (Å²) < 4.78 is 39.6. The zero-order chi connectivity index (χ0) is 13.9. The van der Waals surface area contributed by atoms with E-state index in [-0.39, 0.29) is 18.0 Å². The molecule has 1 heterocycles. The molecule has 2 aromatic rings. The van der Waals surface area contributed by atoms with Crippen molar-refractivity contribution in [2.75, 3.05) is 0 Å². The Morgan fingerprint density at radius 1 is 1.16 bits per heavy atom. The number of carbonyl (C=O) groups is 1. The molecule has 0 aliphatic rings. The van der Waals surface area contributed by atoms with Crippen LogP contribution in [0, 0.1) is 0 Å². The molecule has 0 spiro atoms. The molecule has 0 unspecified atom stereocenters. The second kappa shape index (κ2) is 5.44. The molecule has 0 saturated carbocycles. The van der Waals surface area contributed by atoms with Crippen LogP contribution in [-0.2, 0) is 6.42 Å². The molecule has 0 saturated heterocycles. The van der Waals surface area contributed by atoms with Crippen molar-refractivity contribution in [3.63, 3.8) is 0 Å². The SMILES string of the molecule is O=C(Cc1ccc(OC(F)(F)F)cc1)c1ccsc1. The van der Waals surface area contributed by atoms with Gasteiger partial charge < -0.3 is 4.74 Å². The van der Waals surface area contributed by atoms with Crippen LogP contribution in [0.2, 0.25) is 0 Å². The topological polar surface area (TPSA) is 26.3 Å². The van der Waals surface area contributed by atoms with Crippen molar-refractivity contribution < 1.29 is 22.7 Å². The molecule has 0 aliphatic heterocycles. The maximum atomic E-state index is 12.0. The second-order valence-corrected chi connectivity index (χ2v) is 4.58. The van der Waals surface area contributed by atoms with E-state index in [4.69, 9.17) is 0 Å². The molecule has 0 bridgehead atoms. The molecule has 0 amide bonds. The van der Waals surface area contributed by atoms with Crippen molar-refractivity contribution in [2.45, 2.75) is 12.8 Å². The van der Waals surface area contributed by atoms with Gasteiger partial charge in [0, 0.05) is 17.4 Å². The van der Waals surface area contributed by atoms with Gasteiger partial charge in [0.15, 0.2) is 5.78 Å². The number of ketones is 1. The van der Waals surface area contributed by atoms with Crippen LogP contribution in [0.15, 0.2) is 41.1 Å². The van der Waals surface area contributed by atoms with E-state index in [1.165, 1.54) is 35.6 Å². The summed E-state index contributed by atoms with van der Waals surface area (Å²) >= 11 is 1.42. The zero-order valence-electron chi connectivity index (χ0n) is 9.61. The summed E-state index contributed by atoms with van der Waals surface area (Å²) in [6.45, 7) is 0. The molecule has 2 nitrogen and oxygen atoms in total. The first-order valence-electron chi connectivity index (χ1n) is 5.34. The fourth-order valence-corrected chi connectivity index (χ4v) is 2.18. The minimum Gasteiger partial charge on any atom is -0.406 e. The van der Waals surface area contributed by atoms with Crippen LogP contribution in [-0.4, -0.2) is 12.1 Å². The van der Waals surface area contributed by atoms with Gasteiger partial charge in [0.25, 0.3) is 0 Å². The van der Waals surface area contributed by atoms with Crippen molar-refractivity contribution in [3.8, 4) is 5.75 Å². The van der Waals surface area contributed by atoms with Gasteiger partial charge in [0.2, 0.25) is 0 Å². The quantitative estimate of drug-likeness (QED) is 0.792. The Morgan fingerprint density at radius 3 is 2.37 bits per heavy atom. The number of thiophene rings is 1. The molecule has 100 valence electrons. The number of ether oxygens (including phenoxy) is 1. The molecule has 2 rings (SSSR count). The number of hydrogen-bond donors (Lipinski definition) is 0. The first-order valence-corrected chi connectivity index (χ1v) is 6.28. The maximum Gasteiger partial charge on any atom is 0.573 e. The summed E-state index contributed by atoms with van der Waals surface area (Å²) in [5.74, 6) is -0.357. The average molecular weight is 286 g/mol. The maximum absolute atomic E-state index is 12.0. The third kappa shape index (κ3) is 4.10. The molecule has 0 N–H and O–H groups in total. The molecular formula is C13H9F3O2S. The van der Waals surface area contributed by atoms with Gasteiger partial charge in [-0.1, -0.05) is 12.1 Å². The summed E-state index contributed by atoms with van der Waals surface area (Å²) in [7, 11) is 0. The number of rotatable bonds is 4. The lowest BCUT2D eigenvalue weighted by molar-refractivity contribution is -0.274. The standard InChI is InChI=1S/C13H9F3O2S/c14-13(15,16)18-11-3-1-9(2-4-11)7-12(17)10-5-6-19-8-10/h1-6,8H,7H2. The van der Waals surface area contributed by atoms with Crippen molar-refractivity contribution in [3.05, 3.63) is 52.2 Å². The van der Waals surface area contributed by atoms with Crippen LogP contribution in [0.5, 0.6) is 5.75 Å². The predicted molar refractivity (Wildman–Crippen MR) is 65.5 cm³/mol. The van der Waals surface area contributed by atoms with E-state index in [1.807, 2.05) is 0 Å². The van der Waals surface area contributed by atoms with Crippen LogP contribution in [0.4, 0.5) is 13.2 Å². The van der Waals surface area contributed by atoms with Crippen LogP contribution < -0.4 is 4.74 Å². The minimum absolute atomic E-state index is 0.0641. The Hall–Kier alpha value is -1.82. The van der Waals surface area contributed by atoms with Gasteiger partial charge in [-0.3, -0.25) is 4.79 Å². The van der Waals surface area contributed by atoms with Crippen LogP contribution in [0.3, 0.4) is 0 Å². The zero-order valence-corrected chi connectivity index (χ0v) is 10.4. The number of alkyl halides is 3. The molecule has 19 heavy (non-hydrogen) atoms. The van der Waals surface area contributed by atoms with Crippen LogP contribution in [0.1, 0.15) is 15.9 Å². The van der Waals surface area contributed by atoms with Crippen molar-refractivity contribution in [1.82, 2.24) is 0 Å². The van der Waals surface area contributed by atoms with Crippen molar-refractivity contribution in [2.24, 2.45) is 0 Å². The Bertz CT molecular complexity index is 544. The highest BCUT2D eigenvalue weighted by molar-refractivity contribution is 7.08. The Morgan fingerprint density at radius 2 is 1.84 bits per heavy atom. The summed E-state index contributed by atoms with van der Waals surface area (Å²) in [6.07, 6.45) is -4.54. The average Bonchev–Trinajstić information content (AvgIpc) is 2.83. The lowest BCUT2D eigenvalue weighted by atomic mass is 10.1. The van der Waals surface area contributed by atoms with Crippen molar-refractivity contribution in [1.29, 1.82) is 0 Å². The van der Waals surface area contributed by atoms with Gasteiger partial charge in [-0.05, 0) is 29.1 Å². The van der Waals surface area contributed by atoms with Crippen molar-refractivity contribution >= 4 is 17.1 Å². The lowest BCUT2D eigenvalue weighted by Crippen LogP contribution is -2.17. The molecule has 6 heteroatoms. The Labute approximate surface area is 111 Å². The first-order chi connectivity index (χ1) is 8.94. The summed E-state index contributed by atoms with van der Waals surface area (Å²) in [6, 6.07) is 7.01. The number of halogens is 3. The number of Topliss-reactive ketones (excluding diaryl/α,β-unsaturated/α-hetero) is 1. The van der Waals surface area contributed by atoms with Gasteiger partial charge in [0.1, 0.15) is 5.75 Å². The van der Waals surface area contributed by atoms with Crippen LogP contribution >= 0.6 is 11.3 Å². The highest BCUT2D eigenvalue weighted by Gasteiger charge is 2.30. The van der Waals surface area contributed by atoms with Gasteiger partial charge in [0.05, 0.1) is 0 Å². The second-order valence-electron chi connectivity index (χ2n) is 3.80. The highest BCUT2D eigenvalue weighted by atomic mass is 32.1. The summed E-state index contributed by atoms with van der Waals surface area (Å²) in [5.41, 5.74) is 1.26. The predicted octanol–water partition coefficient (Wildman–Crippen LogP) is 4.07. The molecular weight excluding hydrogens is 277 g/mol. The van der Waals surface area contributed by atoms with Gasteiger partial charge >= 0.3 is 6.36 Å². The Balaban J connectivity index is 2.01. The molecule has 0 radical (unpaired) electrons. The van der Waals surface area contributed by atoms with Gasteiger partial charge in [-0.15, -0.1) is 13.2 Å². The van der Waals surface area contributed by atoms with E-state index >= 15 is 0 Å².